The van der Waals surface area contributed by atoms with Gasteiger partial charge in [-0.05, 0) is 0 Å². The van der Waals surface area contributed by atoms with Crippen LogP contribution < -0.4 is 0 Å². The summed E-state index contributed by atoms with van der Waals surface area (Å²) < 4.78 is 111. The molecule has 96 valence electrons. The van der Waals surface area contributed by atoms with Crippen LogP contribution in [0.25, 0.3) is 0 Å². The summed E-state index contributed by atoms with van der Waals surface area (Å²) in [4.78, 5) is 9.38. The molecule has 0 spiro atoms. The highest BCUT2D eigenvalue weighted by Crippen LogP contribution is 2.48. The topological polar surface area (TPSA) is 71.4 Å². The smallest absolute Gasteiger partial charge is 0.281 e. The Hall–Kier alpha value is -0.910. The summed E-state index contributed by atoms with van der Waals surface area (Å²) in [6.45, 7) is 0. The lowest BCUT2D eigenvalue weighted by Gasteiger charge is -2.27. The zero-order chi connectivity index (χ0) is 13.6. The molecule has 0 amide bonds. The van der Waals surface area contributed by atoms with Gasteiger partial charge in [-0.3, -0.25) is 9.35 Å². The molecule has 0 rings (SSSR count). The van der Waals surface area contributed by atoms with E-state index in [4.69, 9.17) is 4.55 Å². The molecule has 16 heavy (non-hydrogen) atoms. The van der Waals surface area contributed by atoms with Crippen molar-refractivity contribution in [3.8, 4) is 0 Å². The van der Waals surface area contributed by atoms with Gasteiger partial charge in [-0.15, -0.1) is 0 Å². The summed E-state index contributed by atoms with van der Waals surface area (Å²) in [5.74, 6) is -13.5. The van der Waals surface area contributed by atoms with Gasteiger partial charge in [-0.1, -0.05) is 0 Å². The molecule has 0 aromatic carbocycles. The van der Waals surface area contributed by atoms with E-state index < -0.39 is 33.3 Å². The van der Waals surface area contributed by atoms with E-state index in [1.54, 1.807) is 0 Å². The Balaban J connectivity index is 5.82. The summed E-state index contributed by atoms with van der Waals surface area (Å²) in [6.07, 6.45) is 0. The fourth-order valence-electron chi connectivity index (χ4n) is 0.468. The highest BCUT2D eigenvalue weighted by Gasteiger charge is 2.80. The molecule has 0 aromatic heterocycles. The van der Waals surface area contributed by atoms with E-state index in [0.717, 1.165) is 0 Å². The van der Waals surface area contributed by atoms with Crippen LogP contribution in [0.15, 0.2) is 0 Å². The van der Waals surface area contributed by atoms with Crippen LogP contribution >= 0.6 is 0 Å². The molecular formula is C4HF7O4S. The average molecular weight is 278 g/mol. The molecule has 0 aliphatic rings. The van der Waals surface area contributed by atoms with Gasteiger partial charge in [0.2, 0.25) is 0 Å². The number of rotatable bonds is 4. The van der Waals surface area contributed by atoms with Crippen LogP contribution in [0.5, 0.6) is 0 Å². The van der Waals surface area contributed by atoms with Crippen molar-refractivity contribution in [2.75, 3.05) is 0 Å². The van der Waals surface area contributed by atoms with Gasteiger partial charge in [0.25, 0.3) is 0 Å². The highest BCUT2D eigenvalue weighted by molar-refractivity contribution is 7.87. The van der Waals surface area contributed by atoms with E-state index in [1.165, 1.54) is 0 Å². The predicted molar refractivity (Wildman–Crippen MR) is 32.5 cm³/mol. The monoisotopic (exact) mass is 278 g/mol. The second-order valence-electron chi connectivity index (χ2n) is 2.41. The SMILES string of the molecule is O=C(F)C(F)(F)C(F)(F)C(F)(F)S(=O)(=O)O. The Morgan fingerprint density at radius 3 is 1.50 bits per heavy atom. The molecule has 0 aliphatic carbocycles. The number of carbonyl (C=O) groups is 1. The van der Waals surface area contributed by atoms with E-state index in [-0.39, 0.29) is 0 Å². The normalized spacial score (nSPS) is 15.0. The second kappa shape index (κ2) is 3.55. The molecule has 0 aliphatic heterocycles. The summed E-state index contributed by atoms with van der Waals surface area (Å²) >= 11 is 0. The summed E-state index contributed by atoms with van der Waals surface area (Å²) in [6, 6.07) is -4.17. The molecule has 4 nitrogen and oxygen atoms in total. The lowest BCUT2D eigenvalue weighted by molar-refractivity contribution is -0.274. The lowest BCUT2D eigenvalue weighted by atomic mass is 10.2. The third kappa shape index (κ3) is 1.86. The Labute approximate surface area is 82.8 Å². The summed E-state index contributed by atoms with van der Waals surface area (Å²) in [7, 11) is -6.96. The largest absolute Gasteiger partial charge is 0.438 e. The Morgan fingerprint density at radius 1 is 1.00 bits per heavy atom. The second-order valence-corrected chi connectivity index (χ2v) is 3.88. The maximum atomic E-state index is 12.2. The van der Waals surface area contributed by atoms with Gasteiger partial charge < -0.3 is 0 Å². The molecule has 0 unspecified atom stereocenters. The maximum Gasteiger partial charge on any atom is 0.438 e. The molecule has 0 atom stereocenters. The van der Waals surface area contributed by atoms with Gasteiger partial charge in [0, 0.05) is 0 Å². The molecule has 0 fully saturated rings. The molecular weight excluding hydrogens is 277 g/mol. The standard InChI is InChI=1S/C4HF7O4S/c5-1(12)2(6,7)3(8,9)4(10,11)16(13,14)15/h(H,13,14,15). The van der Waals surface area contributed by atoms with E-state index in [2.05, 4.69) is 0 Å². The van der Waals surface area contributed by atoms with E-state index in [0.29, 0.717) is 0 Å². The summed E-state index contributed by atoms with van der Waals surface area (Å²) in [5.41, 5.74) is 0. The van der Waals surface area contributed by atoms with Crippen LogP contribution in [-0.4, -0.2) is 36.1 Å². The molecule has 0 saturated carbocycles. The molecule has 0 radical (unpaired) electrons. The molecule has 12 heteroatoms. The zero-order valence-corrected chi connectivity index (χ0v) is 7.54. The first-order valence-electron chi connectivity index (χ1n) is 3.00. The van der Waals surface area contributed by atoms with Crippen LogP contribution in [0.2, 0.25) is 0 Å². The van der Waals surface area contributed by atoms with E-state index >= 15 is 0 Å². The van der Waals surface area contributed by atoms with Gasteiger partial charge >= 0.3 is 33.3 Å². The fraction of sp³-hybridized carbons (Fsp3) is 0.750. The van der Waals surface area contributed by atoms with E-state index in [1.807, 2.05) is 0 Å². The number of carbonyl (C=O) groups excluding carboxylic acids is 1. The molecule has 0 aromatic rings. The van der Waals surface area contributed by atoms with Crippen molar-refractivity contribution in [2.45, 2.75) is 17.1 Å². The first-order chi connectivity index (χ1) is 6.69. The predicted octanol–water partition coefficient (Wildman–Crippen LogP) is 1.23. The Bertz CT molecular complexity index is 399. The molecule has 0 bridgehead atoms. The van der Waals surface area contributed by atoms with Crippen LogP contribution in [0.1, 0.15) is 0 Å². The summed E-state index contributed by atoms with van der Waals surface area (Å²) in [5, 5.41) is -6.72. The molecule has 1 N–H and O–H groups in total. The van der Waals surface area contributed by atoms with Crippen molar-refractivity contribution in [2.24, 2.45) is 0 Å². The van der Waals surface area contributed by atoms with Crippen molar-refractivity contribution < 1.29 is 48.5 Å². The third-order valence-corrected chi connectivity index (χ3v) is 2.24. The number of hydrogen-bond acceptors (Lipinski definition) is 3. The average Bonchev–Trinajstić information content (AvgIpc) is 2.00. The molecule has 0 heterocycles. The number of hydrogen-bond donors (Lipinski definition) is 1. The van der Waals surface area contributed by atoms with E-state index in [9.17, 15) is 43.9 Å². The van der Waals surface area contributed by atoms with Gasteiger partial charge in [-0.2, -0.15) is 39.2 Å². The van der Waals surface area contributed by atoms with Crippen molar-refractivity contribution >= 4 is 16.2 Å². The minimum atomic E-state index is -6.96. The number of halogens is 7. The van der Waals surface area contributed by atoms with Gasteiger partial charge in [0.1, 0.15) is 0 Å². The van der Waals surface area contributed by atoms with Crippen molar-refractivity contribution in [3.05, 3.63) is 0 Å². The van der Waals surface area contributed by atoms with Crippen molar-refractivity contribution in [3.63, 3.8) is 0 Å². The Kier molecular flexibility index (Phi) is 3.35. The number of alkyl halides is 6. The first kappa shape index (κ1) is 15.1. The minimum absolute atomic E-state index is 4.17. The quantitative estimate of drug-likeness (QED) is 0.477. The maximum absolute atomic E-state index is 12.2. The van der Waals surface area contributed by atoms with Crippen LogP contribution in [0.4, 0.5) is 30.7 Å². The first-order valence-corrected chi connectivity index (χ1v) is 4.44. The van der Waals surface area contributed by atoms with Crippen LogP contribution in [-0.2, 0) is 14.9 Å². The highest BCUT2D eigenvalue weighted by atomic mass is 32.2. The fourth-order valence-corrected chi connectivity index (χ4v) is 0.920. The minimum Gasteiger partial charge on any atom is -0.281 e. The Morgan fingerprint density at radius 2 is 1.31 bits per heavy atom. The van der Waals surface area contributed by atoms with Gasteiger partial charge in [0.15, 0.2) is 0 Å². The van der Waals surface area contributed by atoms with Crippen molar-refractivity contribution in [1.29, 1.82) is 0 Å². The van der Waals surface area contributed by atoms with Gasteiger partial charge in [0.05, 0.1) is 0 Å². The van der Waals surface area contributed by atoms with Crippen LogP contribution in [0, 0.1) is 0 Å². The lowest BCUT2D eigenvalue weighted by Crippen LogP contribution is -2.60. The van der Waals surface area contributed by atoms with Crippen molar-refractivity contribution in [1.82, 2.24) is 0 Å². The zero-order valence-electron chi connectivity index (χ0n) is 6.73. The van der Waals surface area contributed by atoms with Gasteiger partial charge in [-0.25, -0.2) is 0 Å². The molecule has 0 saturated heterocycles. The third-order valence-electron chi connectivity index (χ3n) is 1.33. The van der Waals surface area contributed by atoms with Crippen LogP contribution in [0.3, 0.4) is 0 Å².